The first-order chi connectivity index (χ1) is 10.3. The van der Waals surface area contributed by atoms with E-state index in [1.165, 1.54) is 40.2 Å². The molecule has 0 aliphatic heterocycles. The molecule has 1 aromatic heterocycles. The van der Waals surface area contributed by atoms with Crippen LogP contribution in [0.15, 0.2) is 54.6 Å². The van der Waals surface area contributed by atoms with Gasteiger partial charge in [-0.2, -0.15) is 0 Å². The molecule has 1 heterocycles. The third kappa shape index (κ3) is 1.52. The molecule has 2 aliphatic rings. The van der Waals surface area contributed by atoms with Crippen LogP contribution in [0, 0.1) is 11.8 Å². The Morgan fingerprint density at radius 3 is 2.57 bits per heavy atom. The van der Waals surface area contributed by atoms with Crippen molar-refractivity contribution in [2.75, 3.05) is 0 Å². The van der Waals surface area contributed by atoms with Crippen LogP contribution in [-0.4, -0.2) is 4.57 Å². The quantitative estimate of drug-likeness (QED) is 0.549. The fourth-order valence-electron chi connectivity index (χ4n) is 4.58. The number of aryl methyl sites for hydroxylation is 1. The molecule has 2 aromatic carbocycles. The molecular weight excluding hydrogens is 254 g/mol. The van der Waals surface area contributed by atoms with Crippen LogP contribution >= 0.6 is 0 Å². The molecule has 3 atom stereocenters. The molecule has 21 heavy (non-hydrogen) atoms. The predicted molar refractivity (Wildman–Crippen MR) is 88.5 cm³/mol. The molecule has 2 aliphatic carbocycles. The van der Waals surface area contributed by atoms with Crippen LogP contribution in [0.25, 0.3) is 21.8 Å². The van der Waals surface area contributed by atoms with Gasteiger partial charge in [-0.1, -0.05) is 36.4 Å². The SMILES string of the molecule is Cn1c2ccccc2c2cc(C3CC4C=CC3C4)ccc21. The molecule has 2 bridgehead atoms. The molecule has 1 nitrogen and oxygen atoms in total. The van der Waals surface area contributed by atoms with Crippen molar-refractivity contribution >= 4 is 21.8 Å². The summed E-state index contributed by atoms with van der Waals surface area (Å²) in [5.41, 5.74) is 4.21. The molecule has 1 saturated carbocycles. The van der Waals surface area contributed by atoms with E-state index in [1.807, 2.05) is 0 Å². The maximum atomic E-state index is 2.46. The standard InChI is InChI=1S/C20H19N/c1-21-19-5-3-2-4-16(19)18-12-15(8-9-20(18)21)17-11-13-6-7-14(17)10-13/h2-9,12-14,17H,10-11H2,1H3. The molecule has 0 saturated heterocycles. The Morgan fingerprint density at radius 1 is 0.905 bits per heavy atom. The summed E-state index contributed by atoms with van der Waals surface area (Å²) in [6, 6.07) is 15.9. The van der Waals surface area contributed by atoms with E-state index >= 15 is 0 Å². The summed E-state index contributed by atoms with van der Waals surface area (Å²) in [6.07, 6.45) is 7.60. The van der Waals surface area contributed by atoms with Crippen molar-refractivity contribution in [3.8, 4) is 0 Å². The van der Waals surface area contributed by atoms with Gasteiger partial charge < -0.3 is 4.57 Å². The van der Waals surface area contributed by atoms with Crippen LogP contribution in [0.4, 0.5) is 0 Å². The van der Waals surface area contributed by atoms with Gasteiger partial charge in [-0.05, 0) is 54.4 Å². The lowest BCUT2D eigenvalue weighted by Gasteiger charge is -2.18. The third-order valence-electron chi connectivity index (χ3n) is 5.64. The minimum Gasteiger partial charge on any atom is -0.344 e. The Morgan fingerprint density at radius 2 is 1.76 bits per heavy atom. The van der Waals surface area contributed by atoms with Crippen LogP contribution in [0.2, 0.25) is 0 Å². The fourth-order valence-corrected chi connectivity index (χ4v) is 4.58. The van der Waals surface area contributed by atoms with Crippen LogP contribution in [0.1, 0.15) is 24.3 Å². The second kappa shape index (κ2) is 4.00. The smallest absolute Gasteiger partial charge is 0.0488 e. The maximum Gasteiger partial charge on any atom is 0.0488 e. The summed E-state index contributed by atoms with van der Waals surface area (Å²) in [5, 5.41) is 2.80. The lowest BCUT2D eigenvalue weighted by Crippen LogP contribution is -2.04. The van der Waals surface area contributed by atoms with Crippen LogP contribution in [-0.2, 0) is 7.05 Å². The average molecular weight is 273 g/mol. The maximum absolute atomic E-state index is 2.46. The Bertz CT molecular complexity index is 883. The minimum absolute atomic E-state index is 0.739. The van der Waals surface area contributed by atoms with E-state index in [0.29, 0.717) is 0 Å². The lowest BCUT2D eigenvalue weighted by molar-refractivity contribution is 0.586. The Kier molecular flexibility index (Phi) is 2.22. The summed E-state index contributed by atoms with van der Waals surface area (Å²) >= 11 is 0. The zero-order valence-corrected chi connectivity index (χ0v) is 12.3. The number of hydrogen-bond acceptors (Lipinski definition) is 0. The van der Waals surface area contributed by atoms with Gasteiger partial charge in [0.15, 0.2) is 0 Å². The van der Waals surface area contributed by atoms with Crippen molar-refractivity contribution in [1.29, 1.82) is 0 Å². The van der Waals surface area contributed by atoms with Gasteiger partial charge in [0.1, 0.15) is 0 Å². The number of nitrogens with zero attached hydrogens (tertiary/aromatic N) is 1. The second-order valence-electron chi connectivity index (χ2n) is 6.74. The largest absolute Gasteiger partial charge is 0.344 e. The Balaban J connectivity index is 1.73. The number of benzene rings is 2. The van der Waals surface area contributed by atoms with Gasteiger partial charge >= 0.3 is 0 Å². The summed E-state index contributed by atoms with van der Waals surface area (Å²) in [7, 11) is 2.17. The summed E-state index contributed by atoms with van der Waals surface area (Å²) in [4.78, 5) is 0. The first kappa shape index (κ1) is 11.6. The van der Waals surface area contributed by atoms with Crippen molar-refractivity contribution in [2.24, 2.45) is 18.9 Å². The minimum atomic E-state index is 0.739. The van der Waals surface area contributed by atoms with E-state index in [0.717, 1.165) is 17.8 Å². The monoisotopic (exact) mass is 273 g/mol. The molecule has 1 fully saturated rings. The van der Waals surface area contributed by atoms with Crippen molar-refractivity contribution in [1.82, 2.24) is 4.57 Å². The summed E-state index contributed by atoms with van der Waals surface area (Å²) in [6.45, 7) is 0. The lowest BCUT2D eigenvalue weighted by atomic mass is 9.86. The highest BCUT2D eigenvalue weighted by atomic mass is 14.9. The number of para-hydroxylation sites is 1. The van der Waals surface area contributed by atoms with E-state index in [4.69, 9.17) is 0 Å². The van der Waals surface area contributed by atoms with E-state index in [1.54, 1.807) is 0 Å². The highest BCUT2D eigenvalue weighted by Gasteiger charge is 2.36. The fraction of sp³-hybridized carbons (Fsp3) is 0.300. The molecule has 0 N–H and O–H groups in total. The molecule has 0 spiro atoms. The Hall–Kier alpha value is -2.02. The molecule has 1 heteroatoms. The Labute approximate surface area is 124 Å². The van der Waals surface area contributed by atoms with E-state index in [9.17, 15) is 0 Å². The first-order valence-electron chi connectivity index (χ1n) is 7.96. The van der Waals surface area contributed by atoms with Crippen LogP contribution < -0.4 is 0 Å². The molecular formula is C20H19N. The number of hydrogen-bond donors (Lipinski definition) is 0. The van der Waals surface area contributed by atoms with Gasteiger partial charge in [0.25, 0.3) is 0 Å². The highest BCUT2D eigenvalue weighted by molar-refractivity contribution is 6.08. The van der Waals surface area contributed by atoms with E-state index < -0.39 is 0 Å². The van der Waals surface area contributed by atoms with Crippen molar-refractivity contribution in [3.63, 3.8) is 0 Å². The zero-order valence-electron chi connectivity index (χ0n) is 12.3. The van der Waals surface area contributed by atoms with Gasteiger partial charge in [0.2, 0.25) is 0 Å². The predicted octanol–water partition coefficient (Wildman–Crippen LogP) is 5.01. The number of rotatable bonds is 1. The highest BCUT2D eigenvalue weighted by Crippen LogP contribution is 2.49. The van der Waals surface area contributed by atoms with Crippen molar-refractivity contribution < 1.29 is 0 Å². The van der Waals surface area contributed by atoms with Crippen molar-refractivity contribution in [3.05, 3.63) is 60.2 Å². The number of fused-ring (bicyclic) bond motifs is 5. The second-order valence-corrected chi connectivity index (χ2v) is 6.74. The normalized spacial score (nSPS) is 27.2. The molecule has 104 valence electrons. The number of aromatic nitrogens is 1. The van der Waals surface area contributed by atoms with E-state index in [-0.39, 0.29) is 0 Å². The van der Waals surface area contributed by atoms with Crippen molar-refractivity contribution in [2.45, 2.75) is 18.8 Å². The average Bonchev–Trinajstić information content (AvgIpc) is 3.22. The van der Waals surface area contributed by atoms with Gasteiger partial charge in [-0.25, -0.2) is 0 Å². The van der Waals surface area contributed by atoms with E-state index in [2.05, 4.69) is 66.2 Å². The zero-order chi connectivity index (χ0) is 14.0. The summed E-state index contributed by atoms with van der Waals surface area (Å²) < 4.78 is 2.31. The molecule has 3 unspecified atom stereocenters. The molecule has 3 aromatic rings. The first-order valence-corrected chi connectivity index (χ1v) is 7.96. The topological polar surface area (TPSA) is 4.93 Å². The molecule has 5 rings (SSSR count). The molecule has 0 radical (unpaired) electrons. The van der Waals surface area contributed by atoms with Gasteiger partial charge in [-0.15, -0.1) is 0 Å². The number of allylic oxidation sites excluding steroid dienone is 2. The van der Waals surface area contributed by atoms with Crippen LogP contribution in [0.3, 0.4) is 0 Å². The van der Waals surface area contributed by atoms with Crippen LogP contribution in [0.5, 0.6) is 0 Å². The molecule has 0 amide bonds. The summed E-state index contributed by atoms with van der Waals surface area (Å²) in [5.74, 6) is 2.36. The van der Waals surface area contributed by atoms with Gasteiger partial charge in [-0.3, -0.25) is 0 Å². The third-order valence-corrected chi connectivity index (χ3v) is 5.64. The van der Waals surface area contributed by atoms with Gasteiger partial charge in [0, 0.05) is 28.9 Å². The van der Waals surface area contributed by atoms with Gasteiger partial charge in [0.05, 0.1) is 0 Å².